The molecule has 2 aromatic rings. The average Bonchev–Trinajstić information content (AvgIpc) is 2.87. The molecule has 0 aromatic carbocycles. The van der Waals surface area contributed by atoms with Crippen molar-refractivity contribution in [1.29, 1.82) is 0 Å². The fourth-order valence-corrected chi connectivity index (χ4v) is 2.41. The predicted molar refractivity (Wildman–Crippen MR) is 71.5 cm³/mol. The summed E-state index contributed by atoms with van der Waals surface area (Å²) < 4.78 is 14.0. The van der Waals surface area contributed by atoms with Gasteiger partial charge < -0.3 is 9.88 Å². The summed E-state index contributed by atoms with van der Waals surface area (Å²) in [6, 6.07) is 5.87. The zero-order valence-corrected chi connectivity index (χ0v) is 11.1. The number of hydrogen-bond donors (Lipinski definition) is 1. The molecule has 1 amide bonds. The molecule has 2 heterocycles. The first-order chi connectivity index (χ1) is 9.06. The molecule has 19 heavy (non-hydrogen) atoms. The van der Waals surface area contributed by atoms with E-state index in [0.29, 0.717) is 0 Å². The minimum Gasteiger partial charge on any atom is -0.347 e. The van der Waals surface area contributed by atoms with Crippen molar-refractivity contribution < 1.29 is 9.18 Å². The number of thiophene rings is 1. The zero-order chi connectivity index (χ0) is 13.8. The lowest BCUT2D eigenvalue weighted by Crippen LogP contribution is -2.33. The minimum atomic E-state index is -0.543. The highest BCUT2D eigenvalue weighted by molar-refractivity contribution is 7.10. The third-order valence-corrected chi connectivity index (χ3v) is 3.66. The van der Waals surface area contributed by atoms with Gasteiger partial charge in [0.25, 0.3) is 5.56 Å². The van der Waals surface area contributed by atoms with Crippen molar-refractivity contribution in [2.75, 3.05) is 0 Å². The molecular formula is C13H13FN2O2S. The van der Waals surface area contributed by atoms with Crippen LogP contribution >= 0.6 is 11.3 Å². The normalized spacial score (nSPS) is 12.1. The van der Waals surface area contributed by atoms with E-state index in [1.165, 1.54) is 0 Å². The van der Waals surface area contributed by atoms with Gasteiger partial charge in [-0.25, -0.2) is 4.39 Å². The number of carbonyl (C=O) groups is 1. The molecule has 0 spiro atoms. The standard InChI is InChI=1S/C13H13FN2O2S/c1-9(11-3-2-6-19-11)15-12(17)8-16-7-10(14)4-5-13(16)18/h2-7,9H,8H2,1H3,(H,15,17). The Bertz CT molecular complexity index is 622. The lowest BCUT2D eigenvalue weighted by molar-refractivity contribution is -0.122. The van der Waals surface area contributed by atoms with Crippen LogP contribution in [0.25, 0.3) is 0 Å². The molecule has 0 saturated carbocycles. The minimum absolute atomic E-state index is 0.128. The fourth-order valence-electron chi connectivity index (χ4n) is 1.68. The highest BCUT2D eigenvalue weighted by atomic mass is 32.1. The van der Waals surface area contributed by atoms with Crippen LogP contribution in [0.15, 0.2) is 40.6 Å². The van der Waals surface area contributed by atoms with Crippen molar-refractivity contribution in [3.63, 3.8) is 0 Å². The fraction of sp³-hybridized carbons (Fsp3) is 0.231. The Morgan fingerprint density at radius 3 is 2.95 bits per heavy atom. The maximum atomic E-state index is 13.0. The van der Waals surface area contributed by atoms with E-state index in [4.69, 9.17) is 0 Å². The quantitative estimate of drug-likeness (QED) is 0.930. The Balaban J connectivity index is 2.02. The molecule has 0 aliphatic rings. The molecule has 0 aliphatic heterocycles. The van der Waals surface area contributed by atoms with E-state index in [9.17, 15) is 14.0 Å². The molecule has 4 nitrogen and oxygen atoms in total. The highest BCUT2D eigenvalue weighted by Crippen LogP contribution is 2.17. The number of amides is 1. The van der Waals surface area contributed by atoms with Crippen LogP contribution in [0.2, 0.25) is 0 Å². The molecule has 0 radical (unpaired) electrons. The second-order valence-corrected chi connectivity index (χ2v) is 5.10. The maximum Gasteiger partial charge on any atom is 0.251 e. The summed E-state index contributed by atoms with van der Waals surface area (Å²) in [7, 11) is 0. The van der Waals surface area contributed by atoms with Crippen LogP contribution in [0.4, 0.5) is 4.39 Å². The van der Waals surface area contributed by atoms with E-state index in [2.05, 4.69) is 5.32 Å². The Hall–Kier alpha value is -1.95. The van der Waals surface area contributed by atoms with Crippen LogP contribution in [0.5, 0.6) is 0 Å². The van der Waals surface area contributed by atoms with Crippen LogP contribution < -0.4 is 10.9 Å². The molecule has 1 unspecified atom stereocenters. The summed E-state index contributed by atoms with van der Waals surface area (Å²) in [5.41, 5.74) is -0.402. The molecule has 100 valence electrons. The molecule has 0 fully saturated rings. The maximum absolute atomic E-state index is 13.0. The molecular weight excluding hydrogens is 267 g/mol. The Morgan fingerprint density at radius 2 is 2.26 bits per heavy atom. The van der Waals surface area contributed by atoms with Gasteiger partial charge >= 0.3 is 0 Å². The van der Waals surface area contributed by atoms with Gasteiger partial charge in [0.1, 0.15) is 12.4 Å². The number of nitrogens with zero attached hydrogens (tertiary/aromatic N) is 1. The van der Waals surface area contributed by atoms with Crippen molar-refractivity contribution >= 4 is 17.2 Å². The van der Waals surface area contributed by atoms with E-state index in [0.717, 1.165) is 27.8 Å². The zero-order valence-electron chi connectivity index (χ0n) is 10.3. The second-order valence-electron chi connectivity index (χ2n) is 4.12. The van der Waals surface area contributed by atoms with Crippen molar-refractivity contribution in [1.82, 2.24) is 9.88 Å². The van der Waals surface area contributed by atoms with Crippen molar-refractivity contribution in [3.8, 4) is 0 Å². The first-order valence-electron chi connectivity index (χ1n) is 5.75. The first kappa shape index (κ1) is 13.5. The van der Waals surface area contributed by atoms with E-state index >= 15 is 0 Å². The number of hydrogen-bond acceptors (Lipinski definition) is 3. The number of pyridine rings is 1. The number of rotatable bonds is 4. The van der Waals surface area contributed by atoms with Gasteiger partial charge in [0.15, 0.2) is 0 Å². The van der Waals surface area contributed by atoms with Crippen molar-refractivity contribution in [2.45, 2.75) is 19.5 Å². The van der Waals surface area contributed by atoms with Crippen LogP contribution in [0.3, 0.4) is 0 Å². The van der Waals surface area contributed by atoms with Crippen LogP contribution in [0.1, 0.15) is 17.8 Å². The van der Waals surface area contributed by atoms with Crippen LogP contribution in [0, 0.1) is 5.82 Å². The van der Waals surface area contributed by atoms with E-state index in [1.54, 1.807) is 11.3 Å². The summed E-state index contributed by atoms with van der Waals surface area (Å²) in [5, 5.41) is 4.69. The smallest absolute Gasteiger partial charge is 0.251 e. The highest BCUT2D eigenvalue weighted by Gasteiger charge is 2.11. The predicted octanol–water partition coefficient (Wildman–Crippen LogP) is 1.93. The Morgan fingerprint density at radius 1 is 1.47 bits per heavy atom. The summed E-state index contributed by atoms with van der Waals surface area (Å²) in [6.45, 7) is 1.67. The van der Waals surface area contributed by atoms with Gasteiger partial charge in [0.05, 0.1) is 6.04 Å². The van der Waals surface area contributed by atoms with Gasteiger partial charge in [-0.3, -0.25) is 9.59 Å². The van der Waals surface area contributed by atoms with Gasteiger partial charge in [0, 0.05) is 17.1 Å². The molecule has 1 N–H and O–H groups in total. The van der Waals surface area contributed by atoms with Gasteiger partial charge in [-0.15, -0.1) is 11.3 Å². The third kappa shape index (κ3) is 3.51. The van der Waals surface area contributed by atoms with Gasteiger partial charge in [0.2, 0.25) is 5.91 Å². The number of carbonyl (C=O) groups excluding carboxylic acids is 1. The van der Waals surface area contributed by atoms with Crippen LogP contribution in [-0.2, 0) is 11.3 Å². The monoisotopic (exact) mass is 280 g/mol. The summed E-state index contributed by atoms with van der Waals surface area (Å²) in [6.07, 6.45) is 1.03. The molecule has 2 rings (SSSR count). The van der Waals surface area contributed by atoms with Crippen molar-refractivity contribution in [3.05, 3.63) is 56.9 Å². The number of halogens is 1. The van der Waals surface area contributed by atoms with Gasteiger partial charge in [-0.2, -0.15) is 0 Å². The lowest BCUT2D eigenvalue weighted by Gasteiger charge is -2.13. The average molecular weight is 280 g/mol. The summed E-state index contributed by atoms with van der Waals surface area (Å²) in [4.78, 5) is 24.3. The molecule has 0 bridgehead atoms. The topological polar surface area (TPSA) is 51.1 Å². The van der Waals surface area contributed by atoms with Gasteiger partial charge in [-0.05, 0) is 24.4 Å². The molecule has 6 heteroatoms. The van der Waals surface area contributed by atoms with Crippen molar-refractivity contribution in [2.24, 2.45) is 0 Å². The first-order valence-corrected chi connectivity index (χ1v) is 6.63. The SMILES string of the molecule is CC(NC(=O)Cn1cc(F)ccc1=O)c1cccs1. The molecule has 1 atom stereocenters. The largest absolute Gasteiger partial charge is 0.347 e. The van der Waals surface area contributed by atoms with E-state index < -0.39 is 11.4 Å². The lowest BCUT2D eigenvalue weighted by atomic mass is 10.3. The molecule has 2 aromatic heterocycles. The third-order valence-electron chi connectivity index (χ3n) is 2.61. The summed E-state index contributed by atoms with van der Waals surface area (Å²) in [5.74, 6) is -0.868. The second kappa shape index (κ2) is 5.79. The summed E-state index contributed by atoms with van der Waals surface area (Å²) >= 11 is 1.54. The Kier molecular flexibility index (Phi) is 4.11. The van der Waals surface area contributed by atoms with Crippen LogP contribution in [-0.4, -0.2) is 10.5 Å². The number of aromatic nitrogens is 1. The molecule has 0 aliphatic carbocycles. The van der Waals surface area contributed by atoms with E-state index in [1.807, 2.05) is 24.4 Å². The molecule has 0 saturated heterocycles. The van der Waals surface area contributed by atoms with E-state index in [-0.39, 0.29) is 18.5 Å². The Labute approximate surface area is 113 Å². The number of nitrogens with one attached hydrogen (secondary N) is 1. The van der Waals surface area contributed by atoms with Gasteiger partial charge in [-0.1, -0.05) is 6.07 Å².